The van der Waals surface area contributed by atoms with E-state index in [1.165, 1.54) is 24.9 Å². The summed E-state index contributed by atoms with van der Waals surface area (Å²) in [7, 11) is 1.44. The molecule has 0 aliphatic carbocycles. The zero-order valence-corrected chi connectivity index (χ0v) is 16.8. The molecule has 9 heteroatoms. The molecule has 0 unspecified atom stereocenters. The number of nitrogens with one attached hydrogen (secondary N) is 2. The Balaban J connectivity index is 1.87. The molecule has 3 rings (SSSR count). The first-order valence-electron chi connectivity index (χ1n) is 8.91. The lowest BCUT2D eigenvalue weighted by Gasteiger charge is -2.11. The highest BCUT2D eigenvalue weighted by Crippen LogP contribution is 2.29. The van der Waals surface area contributed by atoms with E-state index in [9.17, 15) is 14.0 Å². The molecule has 29 heavy (non-hydrogen) atoms. The van der Waals surface area contributed by atoms with Crippen LogP contribution in [0.4, 0.5) is 9.18 Å². The highest BCUT2D eigenvalue weighted by Gasteiger charge is 2.19. The minimum absolute atomic E-state index is 0.119. The third kappa shape index (κ3) is 5.00. The van der Waals surface area contributed by atoms with Crippen LogP contribution in [0.5, 0.6) is 0 Å². The number of hydrogen-bond donors (Lipinski definition) is 2. The first-order chi connectivity index (χ1) is 14.0. The zero-order valence-electron chi connectivity index (χ0n) is 16.0. The summed E-state index contributed by atoms with van der Waals surface area (Å²) in [5.41, 5.74) is 2.22. The van der Waals surface area contributed by atoms with E-state index in [0.29, 0.717) is 22.3 Å². The van der Waals surface area contributed by atoms with Crippen molar-refractivity contribution < 1.29 is 14.0 Å². The highest BCUT2D eigenvalue weighted by molar-refractivity contribution is 7.99. The number of nitrogens with zero attached hydrogens (tertiary/aromatic N) is 3. The number of rotatable bonds is 6. The predicted molar refractivity (Wildman–Crippen MR) is 109 cm³/mol. The van der Waals surface area contributed by atoms with Crippen LogP contribution in [-0.4, -0.2) is 39.5 Å². The van der Waals surface area contributed by atoms with Gasteiger partial charge in [-0.3, -0.25) is 14.7 Å². The second-order valence-electron chi connectivity index (χ2n) is 6.18. The highest BCUT2D eigenvalue weighted by atomic mass is 32.2. The van der Waals surface area contributed by atoms with Crippen molar-refractivity contribution in [3.63, 3.8) is 0 Å². The molecular weight excluding hydrogens is 393 g/mol. The van der Waals surface area contributed by atoms with Gasteiger partial charge in [0, 0.05) is 24.9 Å². The van der Waals surface area contributed by atoms with Gasteiger partial charge in [-0.15, -0.1) is 10.2 Å². The molecule has 0 bridgehead atoms. The number of thioether (sulfide) groups is 1. The maximum atomic E-state index is 14.4. The molecule has 1 heterocycles. The van der Waals surface area contributed by atoms with Gasteiger partial charge in [0.1, 0.15) is 5.82 Å². The summed E-state index contributed by atoms with van der Waals surface area (Å²) in [4.78, 5) is 23.0. The van der Waals surface area contributed by atoms with Gasteiger partial charge in [0.05, 0.1) is 5.56 Å². The van der Waals surface area contributed by atoms with E-state index in [2.05, 4.69) is 20.8 Å². The van der Waals surface area contributed by atoms with Crippen LogP contribution in [0.25, 0.3) is 17.1 Å². The van der Waals surface area contributed by atoms with E-state index in [4.69, 9.17) is 0 Å². The first-order valence-corrected chi connectivity index (χ1v) is 9.90. The molecule has 0 saturated heterocycles. The molecule has 2 aromatic carbocycles. The van der Waals surface area contributed by atoms with Crippen molar-refractivity contribution in [2.24, 2.45) is 0 Å². The molecular formula is C20H20FN5O2S. The number of urea groups is 1. The number of carbonyl (C=O) groups excluding carboxylic acids is 2. The normalized spacial score (nSPS) is 10.6. The SMILES string of the molecule is CNC(=O)NC(=O)CCSc1nnc(-c2ccccc2F)n1-c1ccc(C)cc1. The van der Waals surface area contributed by atoms with Crippen molar-refractivity contribution in [1.29, 1.82) is 0 Å². The van der Waals surface area contributed by atoms with Crippen molar-refractivity contribution in [3.05, 3.63) is 59.9 Å². The van der Waals surface area contributed by atoms with E-state index in [1.807, 2.05) is 31.2 Å². The number of aromatic nitrogens is 3. The largest absolute Gasteiger partial charge is 0.341 e. The van der Waals surface area contributed by atoms with E-state index in [0.717, 1.165) is 11.3 Å². The average Bonchev–Trinajstić information content (AvgIpc) is 3.12. The third-order valence-corrected chi connectivity index (χ3v) is 5.01. The van der Waals surface area contributed by atoms with Crippen molar-refractivity contribution in [3.8, 4) is 17.1 Å². The molecule has 0 radical (unpaired) electrons. The molecule has 0 fully saturated rings. The van der Waals surface area contributed by atoms with Gasteiger partial charge >= 0.3 is 6.03 Å². The monoisotopic (exact) mass is 413 g/mol. The predicted octanol–water partition coefficient (Wildman–Crippen LogP) is 3.32. The number of amides is 3. The molecule has 1 aromatic heterocycles. The Morgan fingerprint density at radius 1 is 1.10 bits per heavy atom. The number of aryl methyl sites for hydroxylation is 1. The lowest BCUT2D eigenvalue weighted by Crippen LogP contribution is -2.37. The third-order valence-electron chi connectivity index (χ3n) is 4.08. The van der Waals surface area contributed by atoms with Crippen molar-refractivity contribution >= 4 is 23.7 Å². The summed E-state index contributed by atoms with van der Waals surface area (Å²) < 4.78 is 16.1. The maximum absolute atomic E-state index is 14.4. The molecule has 150 valence electrons. The summed E-state index contributed by atoms with van der Waals surface area (Å²) in [6.45, 7) is 1.98. The number of carbonyl (C=O) groups is 2. The molecule has 0 aliphatic heterocycles. The number of imide groups is 1. The van der Waals surface area contributed by atoms with E-state index >= 15 is 0 Å². The van der Waals surface area contributed by atoms with Crippen LogP contribution in [0.3, 0.4) is 0 Å². The molecule has 3 aromatic rings. The lowest BCUT2D eigenvalue weighted by molar-refractivity contribution is -0.119. The van der Waals surface area contributed by atoms with Crippen LogP contribution in [0.2, 0.25) is 0 Å². The lowest BCUT2D eigenvalue weighted by atomic mass is 10.2. The quantitative estimate of drug-likeness (QED) is 0.605. The molecule has 0 spiro atoms. The Morgan fingerprint density at radius 2 is 1.83 bits per heavy atom. The number of halogens is 1. The van der Waals surface area contributed by atoms with Gasteiger partial charge in [0.15, 0.2) is 11.0 Å². The first kappa shape index (κ1) is 20.5. The molecule has 0 aliphatic rings. The number of hydrogen-bond acceptors (Lipinski definition) is 5. The molecule has 0 saturated carbocycles. The Labute approximate surface area is 171 Å². The molecule has 7 nitrogen and oxygen atoms in total. The Morgan fingerprint density at radius 3 is 2.52 bits per heavy atom. The summed E-state index contributed by atoms with van der Waals surface area (Å²) in [6.07, 6.45) is 0.119. The van der Waals surface area contributed by atoms with E-state index in [1.54, 1.807) is 22.8 Å². The van der Waals surface area contributed by atoms with Crippen molar-refractivity contribution in [2.45, 2.75) is 18.5 Å². The van der Waals surface area contributed by atoms with Crippen LogP contribution in [0, 0.1) is 12.7 Å². The molecule has 0 atom stereocenters. The number of benzene rings is 2. The topological polar surface area (TPSA) is 88.9 Å². The fourth-order valence-corrected chi connectivity index (χ4v) is 3.48. The van der Waals surface area contributed by atoms with E-state index < -0.39 is 17.8 Å². The Bertz CT molecular complexity index is 1020. The van der Waals surface area contributed by atoms with Gasteiger partial charge in [0.2, 0.25) is 5.91 Å². The summed E-state index contributed by atoms with van der Waals surface area (Å²) in [6, 6.07) is 13.5. The van der Waals surface area contributed by atoms with Gasteiger partial charge in [-0.25, -0.2) is 9.18 Å². The molecule has 3 amide bonds. The molecule has 2 N–H and O–H groups in total. The minimum Gasteiger partial charge on any atom is -0.341 e. The van der Waals surface area contributed by atoms with Gasteiger partial charge < -0.3 is 5.32 Å². The Hall–Kier alpha value is -3.20. The summed E-state index contributed by atoms with van der Waals surface area (Å²) >= 11 is 1.30. The average molecular weight is 413 g/mol. The van der Waals surface area contributed by atoms with Gasteiger partial charge in [-0.1, -0.05) is 41.6 Å². The van der Waals surface area contributed by atoms with E-state index in [-0.39, 0.29) is 6.42 Å². The second-order valence-corrected chi connectivity index (χ2v) is 7.24. The maximum Gasteiger partial charge on any atom is 0.321 e. The van der Waals surface area contributed by atoms with Crippen LogP contribution < -0.4 is 10.6 Å². The zero-order chi connectivity index (χ0) is 20.8. The fourth-order valence-electron chi connectivity index (χ4n) is 2.59. The standard InChI is InChI=1S/C20H20FN5O2S/c1-13-7-9-14(10-8-13)26-18(15-5-3-4-6-16(15)21)24-25-20(26)29-12-11-17(27)23-19(28)22-2/h3-10H,11-12H2,1-2H3,(H2,22,23,27,28). The second kappa shape index (κ2) is 9.33. The van der Waals surface area contributed by atoms with Gasteiger partial charge in [-0.2, -0.15) is 0 Å². The fraction of sp³-hybridized carbons (Fsp3) is 0.200. The summed E-state index contributed by atoms with van der Waals surface area (Å²) in [5.74, 6) is -0.0315. The van der Waals surface area contributed by atoms with Crippen LogP contribution in [0.1, 0.15) is 12.0 Å². The smallest absolute Gasteiger partial charge is 0.321 e. The van der Waals surface area contributed by atoms with Crippen molar-refractivity contribution in [1.82, 2.24) is 25.4 Å². The Kier molecular flexibility index (Phi) is 6.61. The van der Waals surface area contributed by atoms with Gasteiger partial charge in [-0.05, 0) is 31.2 Å². The van der Waals surface area contributed by atoms with Crippen LogP contribution in [-0.2, 0) is 4.79 Å². The van der Waals surface area contributed by atoms with Crippen LogP contribution >= 0.6 is 11.8 Å². The minimum atomic E-state index is -0.551. The van der Waals surface area contributed by atoms with Crippen molar-refractivity contribution in [2.75, 3.05) is 12.8 Å². The van der Waals surface area contributed by atoms with Crippen LogP contribution in [0.15, 0.2) is 53.7 Å². The summed E-state index contributed by atoms with van der Waals surface area (Å²) in [5, 5.41) is 13.5. The van der Waals surface area contributed by atoms with Gasteiger partial charge in [0.25, 0.3) is 0 Å².